The normalized spacial score (nSPS) is 20.2. The molecule has 0 saturated heterocycles. The van der Waals surface area contributed by atoms with Crippen LogP contribution in [0.25, 0.3) is 0 Å². The molecule has 1 saturated carbocycles. The topological polar surface area (TPSA) is 23.1 Å². The molecule has 3 heteroatoms. The predicted molar refractivity (Wildman–Crippen MR) is 41.9 cm³/mol. The first-order valence-electron chi connectivity index (χ1n) is 3.97. The summed E-state index contributed by atoms with van der Waals surface area (Å²) in [5, 5.41) is 11.5. The number of hydrogen-bond donors (Lipinski definition) is 0. The van der Waals surface area contributed by atoms with E-state index in [0.717, 1.165) is 25.7 Å². The Kier molecular flexibility index (Phi) is 8.01. The minimum atomic E-state index is -0.505. The molecule has 0 heterocycles. The minimum absolute atomic E-state index is 0. The van der Waals surface area contributed by atoms with E-state index in [1.807, 2.05) is 0 Å². The molecule has 1 aliphatic rings. The van der Waals surface area contributed by atoms with E-state index in [0.29, 0.717) is 0 Å². The van der Waals surface area contributed by atoms with Gasteiger partial charge in [-0.1, -0.05) is 45.4 Å². The molecule has 0 spiro atoms. The third-order valence-electron chi connectivity index (χ3n) is 2.22. The number of halogens is 1. The van der Waals surface area contributed by atoms with Gasteiger partial charge in [0.05, 0.1) is 0 Å². The molecule has 0 amide bonds. The van der Waals surface area contributed by atoms with Crippen LogP contribution in [0.3, 0.4) is 0 Å². The fourth-order valence-electron chi connectivity index (χ4n) is 1.72. The van der Waals surface area contributed by atoms with Crippen molar-refractivity contribution in [3.8, 4) is 0 Å². The summed E-state index contributed by atoms with van der Waals surface area (Å²) < 4.78 is 0. The van der Waals surface area contributed by atoms with Crippen molar-refractivity contribution in [1.29, 1.82) is 0 Å². The summed E-state index contributed by atoms with van der Waals surface area (Å²) in [5.74, 6) is 0. The third kappa shape index (κ3) is 4.28. The molecule has 1 fully saturated rings. The summed E-state index contributed by atoms with van der Waals surface area (Å²) in [6, 6.07) is 0. The molecule has 0 radical (unpaired) electrons. The van der Waals surface area contributed by atoms with Gasteiger partial charge in [0.1, 0.15) is 0 Å². The summed E-state index contributed by atoms with van der Waals surface area (Å²) in [7, 11) is 0. The molecule has 0 aromatic rings. The average molecular weight is 171 g/mol. The fourth-order valence-corrected chi connectivity index (χ4v) is 1.72. The summed E-state index contributed by atoms with van der Waals surface area (Å²) in [5.41, 5.74) is -0.505. The minimum Gasteiger partial charge on any atom is -1.00 e. The molecule has 1 aliphatic carbocycles. The molecule has 11 heavy (non-hydrogen) atoms. The van der Waals surface area contributed by atoms with Gasteiger partial charge in [0.2, 0.25) is 0 Å². The molecule has 1 nitrogen and oxygen atoms in total. The Balaban J connectivity index is 0. The molecule has 0 atom stereocenters. The van der Waals surface area contributed by atoms with E-state index in [1.54, 1.807) is 0 Å². The third-order valence-corrected chi connectivity index (χ3v) is 2.22. The van der Waals surface area contributed by atoms with Crippen LogP contribution in [0.5, 0.6) is 0 Å². The van der Waals surface area contributed by atoms with Gasteiger partial charge in [-0.3, -0.25) is 0 Å². The van der Waals surface area contributed by atoms with E-state index in [1.165, 1.54) is 12.8 Å². The Bertz CT molecular complexity index is 92.1. The predicted octanol–water partition coefficient (Wildman–Crippen LogP) is -1.92. The molecule has 0 aliphatic heterocycles. The summed E-state index contributed by atoms with van der Waals surface area (Å²) in [6.45, 7) is 2.10. The first kappa shape index (κ1) is 14.2. The Morgan fingerprint density at radius 3 is 2.09 bits per heavy atom. The van der Waals surface area contributed by atoms with Gasteiger partial charge in [-0.25, -0.2) is 0 Å². The molecule has 1 rings (SSSR count). The van der Waals surface area contributed by atoms with Crippen LogP contribution in [0, 0.1) is 0 Å². The van der Waals surface area contributed by atoms with Crippen molar-refractivity contribution < 1.29 is 9.81 Å². The molecule has 0 N–H and O–H groups in total. The van der Waals surface area contributed by atoms with Crippen molar-refractivity contribution >= 4 is 23.1 Å². The SMILES string of the molecule is CCCC1([O-])CCCC1.[F-].[Mg+2]. The van der Waals surface area contributed by atoms with Gasteiger partial charge < -0.3 is 9.81 Å². The van der Waals surface area contributed by atoms with Crippen molar-refractivity contribution in [3.05, 3.63) is 0 Å². The van der Waals surface area contributed by atoms with Crippen LogP contribution >= 0.6 is 0 Å². The zero-order valence-corrected chi connectivity index (χ0v) is 8.65. The van der Waals surface area contributed by atoms with E-state index in [-0.39, 0.29) is 27.8 Å². The summed E-state index contributed by atoms with van der Waals surface area (Å²) >= 11 is 0. The summed E-state index contributed by atoms with van der Waals surface area (Å²) in [6.07, 6.45) is 6.16. The maximum Gasteiger partial charge on any atom is 2.00 e. The second-order valence-corrected chi connectivity index (χ2v) is 3.14. The fraction of sp³-hybridized carbons (Fsp3) is 1.00. The number of rotatable bonds is 2. The first-order valence-corrected chi connectivity index (χ1v) is 3.97. The van der Waals surface area contributed by atoms with E-state index >= 15 is 0 Å². The number of hydrogen-bond acceptors (Lipinski definition) is 1. The largest absolute Gasteiger partial charge is 2.00 e. The van der Waals surface area contributed by atoms with Gasteiger partial charge >= 0.3 is 23.1 Å². The zero-order valence-electron chi connectivity index (χ0n) is 7.24. The average Bonchev–Trinajstić information content (AvgIpc) is 2.16. The Labute approximate surface area is 84.1 Å². The van der Waals surface area contributed by atoms with Gasteiger partial charge in [-0.2, -0.15) is 0 Å². The molecule has 0 aromatic heterocycles. The smallest absolute Gasteiger partial charge is 1.00 e. The van der Waals surface area contributed by atoms with Gasteiger partial charge in [0.25, 0.3) is 0 Å². The maximum atomic E-state index is 11.5. The second-order valence-electron chi connectivity index (χ2n) is 3.14. The van der Waals surface area contributed by atoms with Gasteiger partial charge in [-0.15, -0.1) is 5.60 Å². The molecular formula is C8H15FMgO. The van der Waals surface area contributed by atoms with Crippen LogP contribution < -0.4 is 9.81 Å². The van der Waals surface area contributed by atoms with Crippen LogP contribution in [0.4, 0.5) is 0 Å². The van der Waals surface area contributed by atoms with Crippen LogP contribution in [-0.2, 0) is 0 Å². The Morgan fingerprint density at radius 1 is 1.27 bits per heavy atom. The van der Waals surface area contributed by atoms with Gasteiger partial charge in [0.15, 0.2) is 0 Å². The van der Waals surface area contributed by atoms with Crippen LogP contribution in [0.2, 0.25) is 0 Å². The Hall–Kier alpha value is 0.656. The van der Waals surface area contributed by atoms with Crippen LogP contribution in [-0.4, -0.2) is 28.7 Å². The van der Waals surface area contributed by atoms with Gasteiger partial charge in [0, 0.05) is 0 Å². The zero-order chi connectivity index (χ0) is 6.74. The maximum absolute atomic E-state index is 11.5. The van der Waals surface area contributed by atoms with Crippen molar-refractivity contribution in [2.75, 3.05) is 0 Å². The van der Waals surface area contributed by atoms with Crippen LogP contribution in [0.15, 0.2) is 0 Å². The molecule has 0 bridgehead atoms. The molecule has 62 valence electrons. The van der Waals surface area contributed by atoms with Gasteiger partial charge in [-0.05, 0) is 0 Å². The van der Waals surface area contributed by atoms with Crippen molar-refractivity contribution in [2.24, 2.45) is 0 Å². The Morgan fingerprint density at radius 2 is 1.73 bits per heavy atom. The van der Waals surface area contributed by atoms with E-state index in [2.05, 4.69) is 6.92 Å². The quantitative estimate of drug-likeness (QED) is 0.444. The van der Waals surface area contributed by atoms with Crippen molar-refractivity contribution in [3.63, 3.8) is 0 Å². The monoisotopic (exact) mass is 170 g/mol. The molecular weight excluding hydrogens is 155 g/mol. The van der Waals surface area contributed by atoms with E-state index in [9.17, 15) is 5.11 Å². The van der Waals surface area contributed by atoms with Crippen molar-refractivity contribution in [1.82, 2.24) is 0 Å². The van der Waals surface area contributed by atoms with E-state index in [4.69, 9.17) is 0 Å². The van der Waals surface area contributed by atoms with Crippen molar-refractivity contribution in [2.45, 2.75) is 51.0 Å². The van der Waals surface area contributed by atoms with Crippen LogP contribution in [0.1, 0.15) is 45.4 Å². The van der Waals surface area contributed by atoms with E-state index < -0.39 is 5.60 Å². The summed E-state index contributed by atoms with van der Waals surface area (Å²) in [4.78, 5) is 0. The molecule has 0 aromatic carbocycles. The first-order chi connectivity index (χ1) is 4.27. The molecule has 0 unspecified atom stereocenters. The standard InChI is InChI=1S/C8H15O.FH.Mg/c1-2-5-8(9)6-3-4-7-8;;/h2-7H2,1H3;1H;/q-1;;+2/p-1. The second kappa shape index (κ2) is 6.20.